The zero-order valence-electron chi connectivity index (χ0n) is 11.6. The minimum atomic E-state index is -0.461. The minimum absolute atomic E-state index is 0.115. The summed E-state index contributed by atoms with van der Waals surface area (Å²) >= 11 is 0. The Balaban J connectivity index is 2.29. The van der Waals surface area contributed by atoms with Crippen LogP contribution in [0, 0.1) is 0 Å². The Morgan fingerprint density at radius 2 is 1.75 bits per heavy atom. The first kappa shape index (κ1) is 14.0. The molecular weight excluding hydrogens is 252 g/mol. The highest BCUT2D eigenvalue weighted by molar-refractivity contribution is 5.99. The second-order valence-electron chi connectivity index (χ2n) is 4.50. The van der Waals surface area contributed by atoms with Crippen molar-refractivity contribution in [2.45, 2.75) is 20.3 Å². The average Bonchev–Trinajstić information content (AvgIpc) is 2.48. The second kappa shape index (κ2) is 6.15. The van der Waals surface area contributed by atoms with Crippen molar-refractivity contribution in [3.63, 3.8) is 0 Å². The highest BCUT2D eigenvalue weighted by atomic mass is 16.5. The quantitative estimate of drug-likeness (QED) is 0.482. The van der Waals surface area contributed by atoms with E-state index in [0.29, 0.717) is 16.9 Å². The zero-order valence-corrected chi connectivity index (χ0v) is 11.6. The van der Waals surface area contributed by atoms with Crippen LogP contribution in [0.2, 0.25) is 0 Å². The van der Waals surface area contributed by atoms with Crippen LogP contribution in [0.25, 0.3) is 0 Å². The number of rotatable bonds is 4. The minimum Gasteiger partial charge on any atom is -0.422 e. The number of hydrogen-bond acceptors (Lipinski definition) is 3. The van der Waals surface area contributed by atoms with E-state index in [4.69, 9.17) is 4.74 Å². The van der Waals surface area contributed by atoms with Crippen molar-refractivity contribution in [1.29, 1.82) is 0 Å². The molecule has 102 valence electrons. The van der Waals surface area contributed by atoms with E-state index in [-0.39, 0.29) is 5.78 Å². The van der Waals surface area contributed by atoms with Crippen molar-refractivity contribution >= 4 is 11.8 Å². The van der Waals surface area contributed by atoms with Gasteiger partial charge in [-0.1, -0.05) is 31.2 Å². The highest BCUT2D eigenvalue weighted by Gasteiger charge is 2.14. The molecule has 0 aliphatic carbocycles. The van der Waals surface area contributed by atoms with E-state index in [0.717, 1.165) is 12.0 Å². The van der Waals surface area contributed by atoms with Crippen LogP contribution in [0.1, 0.15) is 40.1 Å². The van der Waals surface area contributed by atoms with E-state index in [9.17, 15) is 9.59 Å². The molecule has 0 atom stereocenters. The van der Waals surface area contributed by atoms with Crippen molar-refractivity contribution in [2.24, 2.45) is 0 Å². The van der Waals surface area contributed by atoms with Crippen LogP contribution in [0.4, 0.5) is 0 Å². The molecule has 0 radical (unpaired) electrons. The highest BCUT2D eigenvalue weighted by Crippen LogP contribution is 2.22. The predicted octanol–water partition coefficient (Wildman–Crippen LogP) is 3.67. The Hall–Kier alpha value is -2.42. The number of benzene rings is 2. The number of carbonyl (C=O) groups excluding carboxylic acids is 2. The van der Waals surface area contributed by atoms with Gasteiger partial charge in [0, 0.05) is 0 Å². The van der Waals surface area contributed by atoms with Gasteiger partial charge in [0.2, 0.25) is 0 Å². The number of carbonyl (C=O) groups is 2. The number of esters is 1. The molecule has 0 bridgehead atoms. The van der Waals surface area contributed by atoms with Gasteiger partial charge in [-0.25, -0.2) is 4.79 Å². The molecule has 3 nitrogen and oxygen atoms in total. The van der Waals surface area contributed by atoms with E-state index >= 15 is 0 Å². The fourth-order valence-corrected chi connectivity index (χ4v) is 1.89. The summed E-state index contributed by atoms with van der Waals surface area (Å²) in [5.74, 6) is -0.267. The molecule has 0 amide bonds. The lowest BCUT2D eigenvalue weighted by molar-refractivity contribution is 0.0733. The largest absolute Gasteiger partial charge is 0.422 e. The van der Waals surface area contributed by atoms with Gasteiger partial charge < -0.3 is 4.74 Å². The van der Waals surface area contributed by atoms with Gasteiger partial charge in [-0.2, -0.15) is 0 Å². The van der Waals surface area contributed by atoms with Crippen LogP contribution in [0.5, 0.6) is 5.75 Å². The Labute approximate surface area is 118 Å². The Morgan fingerprint density at radius 3 is 2.35 bits per heavy atom. The molecule has 20 heavy (non-hydrogen) atoms. The molecule has 0 fully saturated rings. The number of ketones is 1. The third-order valence-electron chi connectivity index (χ3n) is 3.04. The van der Waals surface area contributed by atoms with Gasteiger partial charge >= 0.3 is 5.97 Å². The van der Waals surface area contributed by atoms with Crippen LogP contribution >= 0.6 is 0 Å². The molecular formula is C17H16O3. The smallest absolute Gasteiger partial charge is 0.343 e. The molecule has 3 heteroatoms. The fraction of sp³-hybridized carbons (Fsp3) is 0.176. The SMILES string of the molecule is CCc1ccc(OC(=O)c2ccccc2)c(C(C)=O)c1. The van der Waals surface area contributed by atoms with Crippen LogP contribution in [-0.2, 0) is 6.42 Å². The van der Waals surface area contributed by atoms with Crippen LogP contribution in [-0.4, -0.2) is 11.8 Å². The third kappa shape index (κ3) is 3.12. The molecule has 0 aliphatic rings. The Bertz CT molecular complexity index is 630. The maximum Gasteiger partial charge on any atom is 0.343 e. The fourth-order valence-electron chi connectivity index (χ4n) is 1.89. The number of Topliss-reactive ketones (excluding diaryl/α,β-unsaturated/α-hetero) is 1. The molecule has 0 saturated carbocycles. The predicted molar refractivity (Wildman–Crippen MR) is 77.2 cm³/mol. The first-order valence-electron chi connectivity index (χ1n) is 6.53. The molecule has 0 saturated heterocycles. The number of ether oxygens (including phenoxy) is 1. The third-order valence-corrected chi connectivity index (χ3v) is 3.04. The second-order valence-corrected chi connectivity index (χ2v) is 4.50. The molecule has 0 heterocycles. The molecule has 2 aromatic rings. The van der Waals surface area contributed by atoms with E-state index in [2.05, 4.69) is 0 Å². The van der Waals surface area contributed by atoms with Crippen LogP contribution in [0.3, 0.4) is 0 Å². The molecule has 2 rings (SSSR count). The summed E-state index contributed by atoms with van der Waals surface area (Å²) in [6.45, 7) is 3.48. The van der Waals surface area contributed by atoms with Crippen molar-refractivity contribution in [2.75, 3.05) is 0 Å². The molecule has 0 unspecified atom stereocenters. The summed E-state index contributed by atoms with van der Waals surface area (Å²) in [5, 5.41) is 0. The summed E-state index contributed by atoms with van der Waals surface area (Å²) < 4.78 is 5.33. The maximum absolute atomic E-state index is 12.0. The monoisotopic (exact) mass is 268 g/mol. The summed E-state index contributed by atoms with van der Waals surface area (Å²) in [6.07, 6.45) is 0.827. The topological polar surface area (TPSA) is 43.4 Å². The molecule has 0 spiro atoms. The summed E-state index contributed by atoms with van der Waals surface area (Å²) in [4.78, 5) is 23.7. The summed E-state index contributed by atoms with van der Waals surface area (Å²) in [7, 11) is 0. The van der Waals surface area contributed by atoms with Crippen molar-refractivity contribution < 1.29 is 14.3 Å². The van der Waals surface area contributed by atoms with Crippen LogP contribution in [0.15, 0.2) is 48.5 Å². The van der Waals surface area contributed by atoms with Gasteiger partial charge in [0.1, 0.15) is 5.75 Å². The summed E-state index contributed by atoms with van der Waals surface area (Å²) in [6, 6.07) is 14.0. The van der Waals surface area contributed by atoms with Crippen LogP contribution < -0.4 is 4.74 Å². The molecule has 2 aromatic carbocycles. The van der Waals surface area contributed by atoms with E-state index in [1.165, 1.54) is 6.92 Å². The molecule has 0 aliphatic heterocycles. The first-order valence-corrected chi connectivity index (χ1v) is 6.53. The lowest BCUT2D eigenvalue weighted by atomic mass is 10.1. The van der Waals surface area contributed by atoms with Gasteiger partial charge in [0.15, 0.2) is 5.78 Å². The maximum atomic E-state index is 12.0. The number of aryl methyl sites for hydroxylation is 1. The van der Waals surface area contributed by atoms with E-state index in [1.807, 2.05) is 19.1 Å². The standard InChI is InChI=1S/C17H16O3/c1-3-13-9-10-16(15(11-13)12(2)18)20-17(19)14-7-5-4-6-8-14/h4-11H,3H2,1-2H3. The van der Waals surface area contributed by atoms with Gasteiger partial charge in [-0.3, -0.25) is 4.79 Å². The van der Waals surface area contributed by atoms with E-state index in [1.54, 1.807) is 36.4 Å². The Kier molecular flexibility index (Phi) is 4.31. The lowest BCUT2D eigenvalue weighted by Crippen LogP contribution is -2.11. The first-order chi connectivity index (χ1) is 9.61. The molecule has 0 N–H and O–H groups in total. The van der Waals surface area contributed by atoms with E-state index < -0.39 is 5.97 Å². The Morgan fingerprint density at radius 1 is 1.05 bits per heavy atom. The number of hydrogen-bond donors (Lipinski definition) is 0. The van der Waals surface area contributed by atoms with Crippen molar-refractivity contribution in [3.05, 3.63) is 65.2 Å². The van der Waals surface area contributed by atoms with Crippen molar-refractivity contribution in [1.82, 2.24) is 0 Å². The molecule has 0 aromatic heterocycles. The lowest BCUT2D eigenvalue weighted by Gasteiger charge is -2.09. The normalized spacial score (nSPS) is 10.1. The van der Waals surface area contributed by atoms with Crippen molar-refractivity contribution in [3.8, 4) is 5.75 Å². The van der Waals surface area contributed by atoms with Gasteiger partial charge in [0.05, 0.1) is 11.1 Å². The summed E-state index contributed by atoms with van der Waals surface area (Å²) in [5.41, 5.74) is 1.94. The van der Waals surface area contributed by atoms with Gasteiger partial charge in [0.25, 0.3) is 0 Å². The van der Waals surface area contributed by atoms with Gasteiger partial charge in [-0.15, -0.1) is 0 Å². The zero-order chi connectivity index (χ0) is 14.5. The average molecular weight is 268 g/mol. The van der Waals surface area contributed by atoms with Gasteiger partial charge in [-0.05, 0) is 43.2 Å².